The van der Waals surface area contributed by atoms with Crippen molar-refractivity contribution in [2.24, 2.45) is 5.73 Å². The number of piperidine rings is 1. The Kier molecular flexibility index (Phi) is 5.75. The summed E-state index contributed by atoms with van der Waals surface area (Å²) in [6.07, 6.45) is 2.20. The van der Waals surface area contributed by atoms with Gasteiger partial charge in [0.05, 0.1) is 26.0 Å². The van der Waals surface area contributed by atoms with Gasteiger partial charge >= 0.3 is 11.9 Å². The summed E-state index contributed by atoms with van der Waals surface area (Å²) in [6, 6.07) is -1.30. The van der Waals surface area contributed by atoms with Gasteiger partial charge < -0.3 is 20.5 Å². The maximum atomic E-state index is 12.1. The van der Waals surface area contributed by atoms with Crippen LogP contribution in [0.2, 0.25) is 0 Å². The van der Waals surface area contributed by atoms with E-state index in [1.807, 2.05) is 0 Å². The lowest BCUT2D eigenvalue weighted by Crippen LogP contribution is -2.51. The van der Waals surface area contributed by atoms with Crippen LogP contribution in [0.1, 0.15) is 32.1 Å². The van der Waals surface area contributed by atoms with Gasteiger partial charge in [-0.1, -0.05) is 0 Å². The molecule has 0 bridgehead atoms. The minimum absolute atomic E-state index is 0.127. The van der Waals surface area contributed by atoms with Gasteiger partial charge in [0.2, 0.25) is 5.91 Å². The van der Waals surface area contributed by atoms with Gasteiger partial charge in [-0.15, -0.1) is 0 Å². The van der Waals surface area contributed by atoms with E-state index in [-0.39, 0.29) is 18.4 Å². The number of likely N-dealkylation sites (tertiary alicyclic amines) is 1. The molecule has 108 valence electrons. The highest BCUT2D eigenvalue weighted by atomic mass is 16.5. The van der Waals surface area contributed by atoms with Crippen LogP contribution in [0.5, 0.6) is 0 Å². The number of esters is 1. The summed E-state index contributed by atoms with van der Waals surface area (Å²) < 4.78 is 4.60. The minimum atomic E-state index is -1.11. The van der Waals surface area contributed by atoms with Crippen molar-refractivity contribution in [3.05, 3.63) is 0 Å². The van der Waals surface area contributed by atoms with Crippen molar-refractivity contribution >= 4 is 17.8 Å². The van der Waals surface area contributed by atoms with Gasteiger partial charge in [0.25, 0.3) is 0 Å². The SMILES string of the molecule is COC(=O)CC1CCCCN1C(=O)C(N)CC(=O)O. The van der Waals surface area contributed by atoms with E-state index in [1.54, 1.807) is 0 Å². The van der Waals surface area contributed by atoms with Crippen molar-refractivity contribution in [1.29, 1.82) is 0 Å². The molecule has 2 unspecified atom stereocenters. The molecular weight excluding hydrogens is 252 g/mol. The molecule has 1 aliphatic heterocycles. The van der Waals surface area contributed by atoms with Crippen LogP contribution in [0, 0.1) is 0 Å². The summed E-state index contributed by atoms with van der Waals surface area (Å²) in [6.45, 7) is 0.508. The van der Waals surface area contributed by atoms with Crippen LogP contribution in [0.3, 0.4) is 0 Å². The molecular formula is C12H20N2O5. The van der Waals surface area contributed by atoms with E-state index in [0.717, 1.165) is 12.8 Å². The van der Waals surface area contributed by atoms with Crippen LogP contribution in [0.25, 0.3) is 0 Å². The fourth-order valence-corrected chi connectivity index (χ4v) is 2.27. The number of carbonyl (C=O) groups is 3. The number of carboxylic acid groups (broad SMARTS) is 1. The highest BCUT2D eigenvalue weighted by Crippen LogP contribution is 2.21. The van der Waals surface area contributed by atoms with Crippen molar-refractivity contribution in [2.45, 2.75) is 44.2 Å². The van der Waals surface area contributed by atoms with Gasteiger partial charge in [0.1, 0.15) is 0 Å². The topological polar surface area (TPSA) is 110 Å². The Morgan fingerprint density at radius 1 is 1.42 bits per heavy atom. The fourth-order valence-electron chi connectivity index (χ4n) is 2.27. The monoisotopic (exact) mass is 272 g/mol. The zero-order valence-corrected chi connectivity index (χ0v) is 11.0. The molecule has 1 amide bonds. The molecule has 0 aromatic carbocycles. The highest BCUT2D eigenvalue weighted by Gasteiger charge is 2.32. The molecule has 1 heterocycles. The molecule has 3 N–H and O–H groups in total. The van der Waals surface area contributed by atoms with E-state index < -0.39 is 24.3 Å². The van der Waals surface area contributed by atoms with Crippen LogP contribution in [0.15, 0.2) is 0 Å². The van der Waals surface area contributed by atoms with E-state index in [1.165, 1.54) is 12.0 Å². The van der Waals surface area contributed by atoms with Gasteiger partial charge in [0, 0.05) is 12.6 Å². The number of methoxy groups -OCH3 is 1. The summed E-state index contributed by atoms with van der Waals surface area (Å²) in [5.74, 6) is -1.89. The standard InChI is InChI=1S/C12H20N2O5/c1-19-11(17)6-8-4-2-3-5-14(8)12(18)9(13)7-10(15)16/h8-9H,2-7,13H2,1H3,(H,15,16). The molecule has 1 fully saturated rings. The smallest absolute Gasteiger partial charge is 0.307 e. The molecule has 1 rings (SSSR count). The second kappa shape index (κ2) is 7.08. The third-order valence-corrected chi connectivity index (χ3v) is 3.25. The van der Waals surface area contributed by atoms with Crippen molar-refractivity contribution in [3.63, 3.8) is 0 Å². The largest absolute Gasteiger partial charge is 0.481 e. The summed E-state index contributed by atoms with van der Waals surface area (Å²) >= 11 is 0. The maximum Gasteiger partial charge on any atom is 0.307 e. The van der Waals surface area contributed by atoms with E-state index in [9.17, 15) is 14.4 Å². The average molecular weight is 272 g/mol. The summed E-state index contributed by atoms with van der Waals surface area (Å²) in [5.41, 5.74) is 5.59. The first-order valence-corrected chi connectivity index (χ1v) is 6.30. The number of carboxylic acids is 1. The number of ether oxygens (including phenoxy) is 1. The fraction of sp³-hybridized carbons (Fsp3) is 0.750. The molecule has 7 nitrogen and oxygen atoms in total. The molecule has 0 radical (unpaired) electrons. The Morgan fingerprint density at radius 2 is 2.11 bits per heavy atom. The normalized spacial score (nSPS) is 20.7. The van der Waals surface area contributed by atoms with Crippen molar-refractivity contribution in [3.8, 4) is 0 Å². The zero-order chi connectivity index (χ0) is 14.4. The predicted molar refractivity (Wildman–Crippen MR) is 66.2 cm³/mol. The lowest BCUT2D eigenvalue weighted by atomic mass is 9.98. The van der Waals surface area contributed by atoms with Crippen molar-refractivity contribution in [2.75, 3.05) is 13.7 Å². The van der Waals surface area contributed by atoms with Crippen LogP contribution in [-0.4, -0.2) is 53.6 Å². The number of hydrogen-bond donors (Lipinski definition) is 2. The van der Waals surface area contributed by atoms with Crippen molar-refractivity contribution in [1.82, 2.24) is 4.90 Å². The van der Waals surface area contributed by atoms with E-state index in [2.05, 4.69) is 4.74 Å². The molecule has 1 aliphatic rings. The van der Waals surface area contributed by atoms with Gasteiger partial charge in [-0.25, -0.2) is 0 Å². The second-order valence-electron chi connectivity index (χ2n) is 4.67. The summed E-state index contributed by atoms with van der Waals surface area (Å²) in [5, 5.41) is 8.66. The quantitative estimate of drug-likeness (QED) is 0.667. The Balaban J connectivity index is 2.67. The second-order valence-corrected chi connectivity index (χ2v) is 4.67. The molecule has 0 spiro atoms. The molecule has 2 atom stereocenters. The minimum Gasteiger partial charge on any atom is -0.481 e. The van der Waals surface area contributed by atoms with Crippen LogP contribution in [-0.2, 0) is 19.1 Å². The van der Waals surface area contributed by atoms with E-state index in [0.29, 0.717) is 13.0 Å². The van der Waals surface area contributed by atoms with Crippen LogP contribution in [0.4, 0.5) is 0 Å². The lowest BCUT2D eigenvalue weighted by Gasteiger charge is -2.36. The Morgan fingerprint density at radius 3 is 2.68 bits per heavy atom. The van der Waals surface area contributed by atoms with E-state index >= 15 is 0 Å². The number of hydrogen-bond acceptors (Lipinski definition) is 5. The van der Waals surface area contributed by atoms with Gasteiger partial charge in [0.15, 0.2) is 0 Å². The van der Waals surface area contributed by atoms with Gasteiger partial charge in [-0.3, -0.25) is 14.4 Å². The lowest BCUT2D eigenvalue weighted by molar-refractivity contribution is -0.147. The van der Waals surface area contributed by atoms with E-state index in [4.69, 9.17) is 10.8 Å². The molecule has 19 heavy (non-hydrogen) atoms. The highest BCUT2D eigenvalue weighted by molar-refractivity contribution is 5.86. The first-order chi connectivity index (χ1) is 8.95. The van der Waals surface area contributed by atoms with Crippen molar-refractivity contribution < 1.29 is 24.2 Å². The Hall–Kier alpha value is -1.63. The number of amides is 1. The van der Waals surface area contributed by atoms with Gasteiger partial charge in [-0.2, -0.15) is 0 Å². The summed E-state index contributed by atoms with van der Waals surface area (Å²) in [7, 11) is 1.30. The van der Waals surface area contributed by atoms with Gasteiger partial charge in [-0.05, 0) is 19.3 Å². The molecule has 1 saturated heterocycles. The molecule has 0 aromatic heterocycles. The average Bonchev–Trinajstić information content (AvgIpc) is 2.37. The number of aliphatic carboxylic acids is 1. The molecule has 7 heteroatoms. The van der Waals surface area contributed by atoms with Crippen LogP contribution >= 0.6 is 0 Å². The number of nitrogens with two attached hydrogens (primary N) is 1. The van der Waals surface area contributed by atoms with Crippen LogP contribution < -0.4 is 5.73 Å². The first kappa shape index (κ1) is 15.4. The molecule has 0 saturated carbocycles. The molecule has 0 aromatic rings. The number of rotatable bonds is 5. The number of nitrogens with zero attached hydrogens (tertiary/aromatic N) is 1. The maximum absolute atomic E-state index is 12.1. The Labute approximate surface area is 111 Å². The Bertz CT molecular complexity index is 358. The molecule has 0 aliphatic carbocycles. The summed E-state index contributed by atoms with van der Waals surface area (Å²) in [4.78, 5) is 35.5. The third kappa shape index (κ3) is 4.51. The first-order valence-electron chi connectivity index (χ1n) is 6.30. The third-order valence-electron chi connectivity index (χ3n) is 3.25. The number of carbonyl (C=O) groups excluding carboxylic acids is 2. The zero-order valence-electron chi connectivity index (χ0n) is 11.0. The predicted octanol–water partition coefficient (Wildman–Crippen LogP) is -0.267.